The van der Waals surface area contributed by atoms with Crippen molar-refractivity contribution in [2.45, 2.75) is 32.5 Å². The topological polar surface area (TPSA) is 76.1 Å². The third-order valence-electron chi connectivity index (χ3n) is 4.86. The lowest BCUT2D eigenvalue weighted by Crippen LogP contribution is -2.36. The summed E-state index contributed by atoms with van der Waals surface area (Å²) in [5, 5.41) is 10.5. The van der Waals surface area contributed by atoms with Gasteiger partial charge in [0.05, 0.1) is 18.2 Å². The normalized spacial score (nSPS) is 12.0. The molecular formula is C27H29NO5. The van der Waals surface area contributed by atoms with Crippen LogP contribution in [0.4, 0.5) is 4.79 Å². The Morgan fingerprint density at radius 1 is 0.879 bits per heavy atom. The van der Waals surface area contributed by atoms with Crippen molar-refractivity contribution < 1.29 is 24.2 Å². The van der Waals surface area contributed by atoms with Gasteiger partial charge in [-0.05, 0) is 61.7 Å². The molecule has 0 aromatic heterocycles. The maximum absolute atomic E-state index is 12.5. The van der Waals surface area contributed by atoms with E-state index in [2.05, 4.69) is 0 Å². The van der Waals surface area contributed by atoms with Gasteiger partial charge < -0.3 is 19.5 Å². The minimum Gasteiger partial charge on any atom is -0.444 e. The first-order chi connectivity index (χ1) is 15.6. The van der Waals surface area contributed by atoms with Gasteiger partial charge in [-0.3, -0.25) is 0 Å². The number of carbonyl (C=O) groups is 2. The molecule has 0 aliphatic heterocycles. The number of nitrogens with zero attached hydrogens (tertiary/aromatic N) is 1. The Morgan fingerprint density at radius 2 is 1.45 bits per heavy atom. The molecule has 1 amide bonds. The van der Waals surface area contributed by atoms with Gasteiger partial charge in [0.15, 0.2) is 0 Å². The first kappa shape index (κ1) is 24.0. The van der Waals surface area contributed by atoms with Gasteiger partial charge >= 0.3 is 12.1 Å². The summed E-state index contributed by atoms with van der Waals surface area (Å²) in [4.78, 5) is 25.9. The Labute approximate surface area is 194 Å². The molecule has 3 rings (SSSR count). The molecule has 0 saturated carbocycles. The van der Waals surface area contributed by atoms with Crippen LogP contribution in [0, 0.1) is 0 Å². The van der Waals surface area contributed by atoms with Crippen molar-refractivity contribution in [2.24, 2.45) is 0 Å². The number of ether oxygens (including phenoxy) is 2. The van der Waals surface area contributed by atoms with Crippen molar-refractivity contribution in [1.29, 1.82) is 0 Å². The van der Waals surface area contributed by atoms with E-state index in [0.29, 0.717) is 16.9 Å². The fourth-order valence-corrected chi connectivity index (χ4v) is 3.13. The van der Waals surface area contributed by atoms with Crippen molar-refractivity contribution >= 4 is 12.1 Å². The van der Waals surface area contributed by atoms with Crippen LogP contribution in [0.1, 0.15) is 42.8 Å². The second-order valence-corrected chi connectivity index (χ2v) is 8.78. The van der Waals surface area contributed by atoms with Crippen LogP contribution in [0.15, 0.2) is 78.9 Å². The molecule has 0 saturated heterocycles. The highest BCUT2D eigenvalue weighted by Gasteiger charge is 2.22. The van der Waals surface area contributed by atoms with Crippen molar-refractivity contribution in [3.05, 3.63) is 90.0 Å². The summed E-state index contributed by atoms with van der Waals surface area (Å²) in [5.41, 5.74) is 2.52. The monoisotopic (exact) mass is 447 g/mol. The number of aliphatic hydroxyl groups is 1. The van der Waals surface area contributed by atoms with Crippen LogP contribution in [0.3, 0.4) is 0 Å². The summed E-state index contributed by atoms with van der Waals surface area (Å²) in [6.07, 6.45) is -1.41. The highest BCUT2D eigenvalue weighted by Crippen LogP contribution is 2.22. The second-order valence-electron chi connectivity index (χ2n) is 8.78. The summed E-state index contributed by atoms with van der Waals surface area (Å²) in [5.74, 6) is -0.101. The van der Waals surface area contributed by atoms with Gasteiger partial charge in [-0.25, -0.2) is 9.59 Å². The maximum atomic E-state index is 12.5. The molecular weight excluding hydrogens is 418 g/mol. The smallest absolute Gasteiger partial charge is 0.410 e. The Bertz CT molecular complexity index is 1070. The number of amides is 1. The number of likely N-dealkylation sites (N-methyl/N-ethyl adjacent to an activating group) is 1. The van der Waals surface area contributed by atoms with Crippen LogP contribution in [0.25, 0.3) is 11.1 Å². The summed E-state index contributed by atoms with van der Waals surface area (Å²) in [7, 11) is 1.57. The number of benzene rings is 3. The van der Waals surface area contributed by atoms with Crippen LogP contribution < -0.4 is 4.74 Å². The van der Waals surface area contributed by atoms with E-state index in [1.165, 1.54) is 4.90 Å². The lowest BCUT2D eigenvalue weighted by molar-refractivity contribution is 0.0205. The van der Waals surface area contributed by atoms with Gasteiger partial charge in [0.25, 0.3) is 0 Å². The molecule has 1 unspecified atom stereocenters. The van der Waals surface area contributed by atoms with E-state index >= 15 is 0 Å². The Hall–Kier alpha value is -3.64. The van der Waals surface area contributed by atoms with E-state index in [0.717, 1.165) is 11.1 Å². The van der Waals surface area contributed by atoms with Gasteiger partial charge in [0.2, 0.25) is 0 Å². The van der Waals surface area contributed by atoms with Crippen molar-refractivity contribution in [3.63, 3.8) is 0 Å². The molecule has 0 aliphatic carbocycles. The fraction of sp³-hybridized carbons (Fsp3) is 0.259. The third kappa shape index (κ3) is 6.92. The molecule has 1 N–H and O–H groups in total. The summed E-state index contributed by atoms with van der Waals surface area (Å²) < 4.78 is 10.7. The van der Waals surface area contributed by atoms with Crippen LogP contribution in [-0.2, 0) is 4.74 Å². The average molecular weight is 448 g/mol. The molecule has 1 atom stereocenters. The molecule has 0 aliphatic rings. The lowest BCUT2D eigenvalue weighted by Gasteiger charge is -2.26. The summed E-state index contributed by atoms with van der Waals surface area (Å²) in [6, 6.07) is 23.7. The number of rotatable bonds is 6. The number of carbonyl (C=O) groups excluding carboxylic acids is 2. The van der Waals surface area contributed by atoms with Crippen LogP contribution in [-0.4, -0.2) is 41.3 Å². The number of hydrogen-bond acceptors (Lipinski definition) is 5. The fourth-order valence-electron chi connectivity index (χ4n) is 3.13. The van der Waals surface area contributed by atoms with E-state index in [1.54, 1.807) is 64.2 Å². The summed E-state index contributed by atoms with van der Waals surface area (Å²) >= 11 is 0. The summed E-state index contributed by atoms with van der Waals surface area (Å²) in [6.45, 7) is 5.42. The van der Waals surface area contributed by atoms with Crippen molar-refractivity contribution in [1.82, 2.24) is 4.90 Å². The third-order valence-corrected chi connectivity index (χ3v) is 4.86. The van der Waals surface area contributed by atoms with Crippen molar-refractivity contribution in [2.75, 3.05) is 13.6 Å². The molecule has 33 heavy (non-hydrogen) atoms. The Morgan fingerprint density at radius 3 is 2.03 bits per heavy atom. The highest BCUT2D eigenvalue weighted by atomic mass is 16.6. The molecule has 3 aromatic carbocycles. The molecule has 6 heteroatoms. The van der Waals surface area contributed by atoms with Gasteiger partial charge in [0.1, 0.15) is 11.4 Å². The van der Waals surface area contributed by atoms with Crippen LogP contribution >= 0.6 is 0 Å². The Kier molecular flexibility index (Phi) is 7.51. The van der Waals surface area contributed by atoms with Crippen molar-refractivity contribution in [3.8, 4) is 16.9 Å². The Balaban J connectivity index is 1.57. The van der Waals surface area contributed by atoms with E-state index < -0.39 is 23.8 Å². The van der Waals surface area contributed by atoms with Crippen LogP contribution in [0.2, 0.25) is 0 Å². The number of esters is 1. The average Bonchev–Trinajstić information content (AvgIpc) is 2.79. The highest BCUT2D eigenvalue weighted by molar-refractivity contribution is 5.91. The maximum Gasteiger partial charge on any atom is 0.410 e. The SMILES string of the molecule is CN(CC(O)c1ccc(OC(=O)c2ccc(-c3ccccc3)cc2)cc1)C(=O)OC(C)(C)C. The van der Waals surface area contributed by atoms with E-state index in [9.17, 15) is 14.7 Å². The van der Waals surface area contributed by atoms with Gasteiger partial charge in [0, 0.05) is 7.05 Å². The molecule has 0 fully saturated rings. The zero-order chi connectivity index (χ0) is 24.0. The zero-order valence-corrected chi connectivity index (χ0v) is 19.3. The first-order valence-corrected chi connectivity index (χ1v) is 10.7. The number of aliphatic hydroxyl groups excluding tert-OH is 1. The molecule has 0 spiro atoms. The predicted molar refractivity (Wildman–Crippen MR) is 127 cm³/mol. The lowest BCUT2D eigenvalue weighted by atomic mass is 10.0. The van der Waals surface area contributed by atoms with E-state index in [4.69, 9.17) is 9.47 Å². The largest absolute Gasteiger partial charge is 0.444 e. The van der Waals surface area contributed by atoms with E-state index in [-0.39, 0.29) is 6.54 Å². The number of hydrogen-bond donors (Lipinski definition) is 1. The molecule has 0 bridgehead atoms. The second kappa shape index (κ2) is 10.3. The molecule has 0 heterocycles. The quantitative estimate of drug-likeness (QED) is 0.400. The first-order valence-electron chi connectivity index (χ1n) is 10.7. The van der Waals surface area contributed by atoms with Crippen LogP contribution in [0.5, 0.6) is 5.75 Å². The van der Waals surface area contributed by atoms with E-state index in [1.807, 2.05) is 42.5 Å². The molecule has 3 aromatic rings. The minimum absolute atomic E-state index is 0.0712. The molecule has 6 nitrogen and oxygen atoms in total. The predicted octanol–water partition coefficient (Wildman–Crippen LogP) is 5.47. The van der Waals surface area contributed by atoms with Gasteiger partial charge in [-0.1, -0.05) is 54.6 Å². The van der Waals surface area contributed by atoms with Gasteiger partial charge in [-0.2, -0.15) is 0 Å². The molecule has 172 valence electrons. The van der Waals surface area contributed by atoms with Gasteiger partial charge in [-0.15, -0.1) is 0 Å². The minimum atomic E-state index is -0.905. The molecule has 0 radical (unpaired) electrons. The standard InChI is InChI=1S/C27H29NO5/c1-27(2,3)33-26(31)28(4)18-24(29)21-14-16-23(17-15-21)32-25(30)22-12-10-20(11-13-22)19-8-6-5-7-9-19/h5-17,24,29H,18H2,1-4H3. The zero-order valence-electron chi connectivity index (χ0n) is 19.3.